The number of halogens is 3. The van der Waals surface area contributed by atoms with Crippen molar-refractivity contribution in [3.8, 4) is 11.4 Å². The first-order valence-electron chi connectivity index (χ1n) is 10.4. The second-order valence-corrected chi connectivity index (χ2v) is 9.11. The van der Waals surface area contributed by atoms with E-state index in [2.05, 4.69) is 15.6 Å². The summed E-state index contributed by atoms with van der Waals surface area (Å²) < 4.78 is 43.6. The minimum absolute atomic E-state index is 0.0241. The van der Waals surface area contributed by atoms with E-state index in [0.717, 1.165) is 12.6 Å². The van der Waals surface area contributed by atoms with Gasteiger partial charge in [0.1, 0.15) is 17.7 Å². The van der Waals surface area contributed by atoms with E-state index in [0.29, 0.717) is 31.3 Å². The third-order valence-corrected chi connectivity index (χ3v) is 5.53. The number of hydrogen-bond acceptors (Lipinski definition) is 4. The van der Waals surface area contributed by atoms with Gasteiger partial charge < -0.3 is 20.1 Å². The van der Waals surface area contributed by atoms with Crippen LogP contribution in [0.25, 0.3) is 11.4 Å². The quantitative estimate of drug-likeness (QED) is 0.701. The summed E-state index contributed by atoms with van der Waals surface area (Å²) in [6.07, 6.45) is 0.696. The Labute approximate surface area is 185 Å². The van der Waals surface area contributed by atoms with Gasteiger partial charge in [0.05, 0.1) is 11.3 Å². The molecule has 1 unspecified atom stereocenters. The van der Waals surface area contributed by atoms with Crippen LogP contribution in [0, 0.1) is 22.9 Å². The number of carbonyl (C=O) groups excluding carboxylic acids is 2. The number of rotatable bonds is 4. The number of aromatic nitrogens is 2. The Bertz CT molecular complexity index is 1050. The number of fused-ring (bicyclic) bond motifs is 1. The molecule has 10 heteroatoms. The number of carbonyl (C=O) groups is 2. The zero-order valence-electron chi connectivity index (χ0n) is 18.9. The van der Waals surface area contributed by atoms with E-state index >= 15 is 0 Å². The summed E-state index contributed by atoms with van der Waals surface area (Å²) in [6, 6.07) is 0.374. The van der Waals surface area contributed by atoms with Gasteiger partial charge in [-0.25, -0.2) is 18.2 Å². The fraction of sp³-hybridized carbons (Fsp3) is 0.500. The molecule has 0 aliphatic carbocycles. The summed E-state index contributed by atoms with van der Waals surface area (Å²) in [5, 5.41) is 5.28. The molecule has 2 heterocycles. The van der Waals surface area contributed by atoms with E-state index in [9.17, 15) is 22.8 Å². The van der Waals surface area contributed by atoms with Crippen molar-refractivity contribution in [2.75, 3.05) is 20.6 Å². The van der Waals surface area contributed by atoms with E-state index in [4.69, 9.17) is 0 Å². The fourth-order valence-corrected chi connectivity index (χ4v) is 3.82. The Hall–Kier alpha value is -2.88. The SMILES string of the molecule is CNC(=O)C(NC(=O)c1nc(-c2cc(F)c(F)cc2F)n2c1CN(C)CCC2)C(C)(C)C. The van der Waals surface area contributed by atoms with Crippen molar-refractivity contribution < 1.29 is 22.8 Å². The standard InChI is InChI=1S/C22H28F3N5O2/c1-22(2,3)18(21(32)26-4)28-20(31)17-16-11-29(5)7-6-8-30(16)19(27-17)12-9-14(24)15(25)10-13(12)23/h9-10,18H,6-8,11H2,1-5H3,(H,26,32)(H,28,31). The van der Waals surface area contributed by atoms with E-state index in [1.54, 1.807) is 4.57 Å². The van der Waals surface area contributed by atoms with E-state index < -0.39 is 34.8 Å². The number of amides is 2. The van der Waals surface area contributed by atoms with E-state index in [-0.39, 0.29) is 23.0 Å². The molecule has 0 fully saturated rings. The fourth-order valence-electron chi connectivity index (χ4n) is 3.82. The highest BCUT2D eigenvalue weighted by atomic mass is 19.2. The molecule has 1 aliphatic rings. The van der Waals surface area contributed by atoms with Crippen molar-refractivity contribution in [2.24, 2.45) is 5.41 Å². The lowest BCUT2D eigenvalue weighted by Gasteiger charge is -2.29. The van der Waals surface area contributed by atoms with Crippen LogP contribution in [0.2, 0.25) is 0 Å². The van der Waals surface area contributed by atoms with Crippen molar-refractivity contribution in [3.05, 3.63) is 41.0 Å². The van der Waals surface area contributed by atoms with Gasteiger partial charge in [-0.2, -0.15) is 0 Å². The zero-order valence-corrected chi connectivity index (χ0v) is 18.9. The Morgan fingerprint density at radius 3 is 2.38 bits per heavy atom. The van der Waals surface area contributed by atoms with Crippen molar-refractivity contribution in [1.29, 1.82) is 0 Å². The molecule has 1 aromatic carbocycles. The highest BCUT2D eigenvalue weighted by Crippen LogP contribution is 2.30. The van der Waals surface area contributed by atoms with Gasteiger partial charge in [-0.15, -0.1) is 0 Å². The third-order valence-electron chi connectivity index (χ3n) is 5.53. The van der Waals surface area contributed by atoms with Crippen LogP contribution in [-0.4, -0.2) is 52.9 Å². The van der Waals surface area contributed by atoms with Crippen molar-refractivity contribution in [2.45, 2.75) is 46.3 Å². The van der Waals surface area contributed by atoms with Gasteiger partial charge in [-0.3, -0.25) is 9.59 Å². The maximum Gasteiger partial charge on any atom is 0.272 e. The van der Waals surface area contributed by atoms with Crippen molar-refractivity contribution >= 4 is 11.8 Å². The molecule has 2 aromatic rings. The van der Waals surface area contributed by atoms with Crippen LogP contribution in [0.15, 0.2) is 12.1 Å². The van der Waals surface area contributed by atoms with Gasteiger partial charge in [0.2, 0.25) is 5.91 Å². The molecular formula is C22H28F3N5O2. The largest absolute Gasteiger partial charge is 0.357 e. The van der Waals surface area contributed by atoms with Crippen molar-refractivity contribution in [1.82, 2.24) is 25.1 Å². The topological polar surface area (TPSA) is 79.3 Å². The third kappa shape index (κ3) is 4.64. The maximum absolute atomic E-state index is 14.6. The number of likely N-dealkylation sites (N-methyl/N-ethyl adjacent to an activating group) is 1. The predicted octanol–water partition coefficient (Wildman–Crippen LogP) is 2.69. The first-order valence-corrected chi connectivity index (χ1v) is 10.4. The lowest BCUT2D eigenvalue weighted by atomic mass is 9.86. The minimum Gasteiger partial charge on any atom is -0.357 e. The molecule has 1 aliphatic heterocycles. The Kier molecular flexibility index (Phi) is 6.64. The Balaban J connectivity index is 2.12. The van der Waals surface area contributed by atoms with Crippen LogP contribution >= 0.6 is 0 Å². The molecule has 0 bridgehead atoms. The number of hydrogen-bond donors (Lipinski definition) is 2. The number of nitrogens with one attached hydrogen (secondary N) is 2. The molecule has 1 aromatic heterocycles. The van der Waals surface area contributed by atoms with Crippen molar-refractivity contribution in [3.63, 3.8) is 0 Å². The first-order chi connectivity index (χ1) is 14.9. The molecule has 0 spiro atoms. The van der Waals surface area contributed by atoms with E-state index in [1.807, 2.05) is 32.7 Å². The zero-order chi connectivity index (χ0) is 23.8. The summed E-state index contributed by atoms with van der Waals surface area (Å²) in [7, 11) is 3.36. The lowest BCUT2D eigenvalue weighted by molar-refractivity contribution is -0.124. The smallest absolute Gasteiger partial charge is 0.272 e. The maximum atomic E-state index is 14.6. The van der Waals surface area contributed by atoms with Gasteiger partial charge in [0.25, 0.3) is 5.91 Å². The summed E-state index contributed by atoms with van der Waals surface area (Å²) in [5.74, 6) is -4.39. The van der Waals surface area contributed by atoms with Gasteiger partial charge in [-0.05, 0) is 31.5 Å². The summed E-state index contributed by atoms with van der Waals surface area (Å²) in [4.78, 5) is 32.0. The molecule has 174 valence electrons. The minimum atomic E-state index is -1.30. The normalized spacial score (nSPS) is 15.6. The number of nitrogens with zero attached hydrogens (tertiary/aromatic N) is 3. The number of benzene rings is 1. The van der Waals surface area contributed by atoms with Crippen LogP contribution in [0.5, 0.6) is 0 Å². The average molecular weight is 451 g/mol. The molecule has 0 saturated carbocycles. The summed E-state index contributed by atoms with van der Waals surface area (Å²) in [5.41, 5.74) is -0.271. The summed E-state index contributed by atoms with van der Waals surface area (Å²) in [6.45, 7) is 6.95. The highest BCUT2D eigenvalue weighted by Gasteiger charge is 2.35. The van der Waals surface area contributed by atoms with Crippen LogP contribution in [0.3, 0.4) is 0 Å². The molecule has 0 radical (unpaired) electrons. The molecule has 0 saturated heterocycles. The van der Waals surface area contributed by atoms with E-state index in [1.165, 1.54) is 7.05 Å². The van der Waals surface area contributed by atoms with Gasteiger partial charge >= 0.3 is 0 Å². The Morgan fingerprint density at radius 2 is 1.75 bits per heavy atom. The molecule has 3 rings (SSSR count). The predicted molar refractivity (Wildman–Crippen MR) is 113 cm³/mol. The van der Waals surface area contributed by atoms with Crippen LogP contribution in [0.4, 0.5) is 13.2 Å². The summed E-state index contributed by atoms with van der Waals surface area (Å²) >= 11 is 0. The second-order valence-electron chi connectivity index (χ2n) is 9.11. The molecule has 2 N–H and O–H groups in total. The molecular weight excluding hydrogens is 423 g/mol. The molecule has 7 nitrogen and oxygen atoms in total. The average Bonchev–Trinajstić information content (AvgIpc) is 2.93. The van der Waals surface area contributed by atoms with Gasteiger partial charge in [0.15, 0.2) is 17.3 Å². The molecule has 2 amide bonds. The van der Waals surface area contributed by atoms with Gasteiger partial charge in [0, 0.05) is 26.2 Å². The highest BCUT2D eigenvalue weighted by molar-refractivity contribution is 5.97. The Morgan fingerprint density at radius 1 is 1.09 bits per heavy atom. The van der Waals surface area contributed by atoms with Crippen LogP contribution in [-0.2, 0) is 17.9 Å². The molecule has 32 heavy (non-hydrogen) atoms. The first kappa shape index (κ1) is 23.8. The number of imidazole rings is 1. The monoisotopic (exact) mass is 451 g/mol. The lowest BCUT2D eigenvalue weighted by Crippen LogP contribution is -2.53. The van der Waals surface area contributed by atoms with Crippen LogP contribution in [0.1, 0.15) is 43.4 Å². The molecule has 1 atom stereocenters. The second kappa shape index (κ2) is 8.93. The van der Waals surface area contributed by atoms with Gasteiger partial charge in [-0.1, -0.05) is 20.8 Å². The van der Waals surface area contributed by atoms with Crippen LogP contribution < -0.4 is 10.6 Å².